The van der Waals surface area contributed by atoms with E-state index < -0.39 is 0 Å². The van der Waals surface area contributed by atoms with Crippen molar-refractivity contribution >= 4 is 0 Å². The summed E-state index contributed by atoms with van der Waals surface area (Å²) >= 11 is 0. The topological polar surface area (TPSA) is 12.0 Å². The van der Waals surface area contributed by atoms with Crippen molar-refractivity contribution in [2.45, 2.75) is 44.7 Å². The second kappa shape index (κ2) is 6.91. The maximum Gasteiger partial charge on any atom is 0.0363 e. The van der Waals surface area contributed by atoms with E-state index in [0.29, 0.717) is 12.1 Å². The van der Waals surface area contributed by atoms with Gasteiger partial charge in [-0.05, 0) is 36.3 Å². The molecule has 0 bridgehead atoms. The van der Waals surface area contributed by atoms with Crippen molar-refractivity contribution in [2.75, 3.05) is 0 Å². The molecule has 0 spiro atoms. The Labute approximate surface area is 128 Å². The first kappa shape index (κ1) is 14.3. The molecule has 21 heavy (non-hydrogen) atoms. The average Bonchev–Trinajstić information content (AvgIpc) is 2.94. The number of nitrogens with one attached hydrogen (secondary N) is 1. The van der Waals surface area contributed by atoms with Crippen LogP contribution in [-0.4, -0.2) is 6.04 Å². The lowest BCUT2D eigenvalue weighted by Gasteiger charge is -2.26. The Balaban J connectivity index is 1.77. The van der Waals surface area contributed by atoms with Crippen molar-refractivity contribution in [3.05, 3.63) is 71.8 Å². The summed E-state index contributed by atoms with van der Waals surface area (Å²) in [5, 5.41) is 3.93. The van der Waals surface area contributed by atoms with Gasteiger partial charge in [-0.3, -0.25) is 0 Å². The van der Waals surface area contributed by atoms with E-state index in [-0.39, 0.29) is 0 Å². The Kier molecular flexibility index (Phi) is 4.72. The van der Waals surface area contributed by atoms with Crippen molar-refractivity contribution in [1.29, 1.82) is 0 Å². The van der Waals surface area contributed by atoms with Crippen molar-refractivity contribution < 1.29 is 0 Å². The van der Waals surface area contributed by atoms with Gasteiger partial charge in [0.05, 0.1) is 0 Å². The van der Waals surface area contributed by atoms with Crippen LogP contribution in [-0.2, 0) is 6.42 Å². The summed E-state index contributed by atoms with van der Waals surface area (Å²) in [4.78, 5) is 0. The molecule has 110 valence electrons. The Morgan fingerprint density at radius 2 is 1.62 bits per heavy atom. The van der Waals surface area contributed by atoms with Gasteiger partial charge >= 0.3 is 0 Å². The van der Waals surface area contributed by atoms with Crippen LogP contribution in [0, 0.1) is 5.92 Å². The summed E-state index contributed by atoms with van der Waals surface area (Å²) in [5.74, 6) is 0.798. The lowest BCUT2D eigenvalue weighted by Crippen LogP contribution is -2.35. The molecule has 2 aromatic rings. The van der Waals surface area contributed by atoms with Crippen LogP contribution < -0.4 is 5.32 Å². The zero-order valence-electron chi connectivity index (χ0n) is 12.8. The molecule has 2 aromatic carbocycles. The Morgan fingerprint density at radius 1 is 0.952 bits per heavy atom. The standard InChI is InChI=1S/C20H25N/c1-16-9-8-14-19(16)21-20(18-12-6-3-7-13-18)15-17-10-4-2-5-11-17/h2-7,10-13,16,19-21H,8-9,14-15H2,1H3. The molecule has 1 aliphatic carbocycles. The first-order valence-electron chi connectivity index (χ1n) is 8.18. The summed E-state index contributed by atoms with van der Waals surface area (Å²) < 4.78 is 0. The zero-order valence-corrected chi connectivity index (χ0v) is 12.8. The minimum absolute atomic E-state index is 0.416. The molecule has 1 fully saturated rings. The Morgan fingerprint density at radius 3 is 2.24 bits per heavy atom. The second-order valence-corrected chi connectivity index (χ2v) is 6.33. The van der Waals surface area contributed by atoms with Crippen molar-refractivity contribution in [1.82, 2.24) is 5.32 Å². The third-order valence-electron chi connectivity index (χ3n) is 4.76. The molecule has 0 aromatic heterocycles. The molecule has 3 unspecified atom stereocenters. The highest BCUT2D eigenvalue weighted by molar-refractivity contribution is 5.24. The van der Waals surface area contributed by atoms with E-state index in [1.54, 1.807) is 0 Å². The van der Waals surface area contributed by atoms with Gasteiger partial charge in [-0.1, -0.05) is 74.0 Å². The number of hydrogen-bond donors (Lipinski definition) is 1. The first-order valence-corrected chi connectivity index (χ1v) is 8.18. The third kappa shape index (κ3) is 3.74. The van der Waals surface area contributed by atoms with E-state index in [1.165, 1.54) is 30.4 Å². The van der Waals surface area contributed by atoms with Crippen LogP contribution >= 0.6 is 0 Å². The molecule has 1 nitrogen and oxygen atoms in total. The molecule has 1 heteroatoms. The smallest absolute Gasteiger partial charge is 0.0363 e. The fourth-order valence-corrected chi connectivity index (χ4v) is 3.46. The van der Waals surface area contributed by atoms with Gasteiger partial charge in [-0.15, -0.1) is 0 Å². The van der Waals surface area contributed by atoms with Crippen molar-refractivity contribution in [3.63, 3.8) is 0 Å². The van der Waals surface area contributed by atoms with E-state index in [2.05, 4.69) is 72.9 Å². The summed E-state index contributed by atoms with van der Waals surface area (Å²) in [7, 11) is 0. The lowest BCUT2D eigenvalue weighted by atomic mass is 9.96. The number of hydrogen-bond acceptors (Lipinski definition) is 1. The van der Waals surface area contributed by atoms with Gasteiger partial charge < -0.3 is 5.32 Å². The van der Waals surface area contributed by atoms with E-state index in [4.69, 9.17) is 0 Å². The van der Waals surface area contributed by atoms with Crippen LogP contribution in [0.2, 0.25) is 0 Å². The van der Waals surface area contributed by atoms with Gasteiger partial charge in [0.2, 0.25) is 0 Å². The predicted octanol–water partition coefficient (Wildman–Crippen LogP) is 4.75. The lowest BCUT2D eigenvalue weighted by molar-refractivity contribution is 0.373. The van der Waals surface area contributed by atoms with Gasteiger partial charge in [-0.2, -0.15) is 0 Å². The molecule has 0 saturated heterocycles. The SMILES string of the molecule is CC1CCCC1NC(Cc1ccccc1)c1ccccc1. The normalized spacial score (nSPS) is 23.1. The van der Waals surface area contributed by atoms with Crippen LogP contribution in [0.4, 0.5) is 0 Å². The molecule has 1 N–H and O–H groups in total. The minimum Gasteiger partial charge on any atom is -0.307 e. The highest BCUT2D eigenvalue weighted by atomic mass is 15.0. The van der Waals surface area contributed by atoms with Gasteiger partial charge in [-0.25, -0.2) is 0 Å². The van der Waals surface area contributed by atoms with Crippen LogP contribution in [0.3, 0.4) is 0 Å². The Hall–Kier alpha value is -1.60. The number of rotatable bonds is 5. The summed E-state index contributed by atoms with van der Waals surface area (Å²) in [6.45, 7) is 2.38. The predicted molar refractivity (Wildman–Crippen MR) is 89.3 cm³/mol. The van der Waals surface area contributed by atoms with Crippen LogP contribution in [0.1, 0.15) is 43.4 Å². The van der Waals surface area contributed by atoms with Gasteiger partial charge in [0.25, 0.3) is 0 Å². The zero-order chi connectivity index (χ0) is 14.5. The van der Waals surface area contributed by atoms with Gasteiger partial charge in [0.15, 0.2) is 0 Å². The largest absolute Gasteiger partial charge is 0.307 e. The van der Waals surface area contributed by atoms with Gasteiger partial charge in [0.1, 0.15) is 0 Å². The maximum absolute atomic E-state index is 3.93. The molecule has 3 rings (SSSR count). The molecule has 0 heterocycles. The first-order chi connectivity index (χ1) is 10.3. The average molecular weight is 279 g/mol. The van der Waals surface area contributed by atoms with Crippen molar-refractivity contribution in [2.24, 2.45) is 5.92 Å². The quantitative estimate of drug-likeness (QED) is 0.833. The minimum atomic E-state index is 0.416. The maximum atomic E-state index is 3.93. The van der Waals surface area contributed by atoms with Gasteiger partial charge in [0, 0.05) is 12.1 Å². The summed E-state index contributed by atoms with van der Waals surface area (Å²) in [5.41, 5.74) is 2.81. The van der Waals surface area contributed by atoms with E-state index in [9.17, 15) is 0 Å². The fourth-order valence-electron chi connectivity index (χ4n) is 3.46. The Bertz CT molecular complexity index is 534. The molecular weight excluding hydrogens is 254 g/mol. The van der Waals surface area contributed by atoms with Crippen molar-refractivity contribution in [3.8, 4) is 0 Å². The molecule has 1 saturated carbocycles. The van der Waals surface area contributed by atoms with E-state index in [1.807, 2.05) is 0 Å². The molecule has 1 aliphatic rings. The fraction of sp³-hybridized carbons (Fsp3) is 0.400. The van der Waals surface area contributed by atoms with E-state index in [0.717, 1.165) is 12.3 Å². The van der Waals surface area contributed by atoms with E-state index >= 15 is 0 Å². The van der Waals surface area contributed by atoms with Crippen LogP contribution in [0.25, 0.3) is 0 Å². The molecular formula is C20H25N. The molecule has 0 radical (unpaired) electrons. The second-order valence-electron chi connectivity index (χ2n) is 6.33. The monoisotopic (exact) mass is 279 g/mol. The highest BCUT2D eigenvalue weighted by Crippen LogP contribution is 2.28. The molecule has 0 amide bonds. The summed E-state index contributed by atoms with van der Waals surface area (Å²) in [6.07, 6.45) is 5.11. The van der Waals surface area contributed by atoms with Crippen LogP contribution in [0.5, 0.6) is 0 Å². The highest BCUT2D eigenvalue weighted by Gasteiger charge is 2.26. The molecule has 3 atom stereocenters. The molecule has 0 aliphatic heterocycles. The van der Waals surface area contributed by atoms with Crippen LogP contribution in [0.15, 0.2) is 60.7 Å². The third-order valence-corrected chi connectivity index (χ3v) is 4.76. The summed E-state index contributed by atoms with van der Waals surface area (Å²) in [6, 6.07) is 22.8. The number of benzene rings is 2.